The molecule has 0 heterocycles. The van der Waals surface area contributed by atoms with E-state index in [2.05, 4.69) is 13.6 Å². The van der Waals surface area contributed by atoms with Crippen molar-refractivity contribution in [2.75, 3.05) is 0 Å². The first kappa shape index (κ1) is 19.2. The van der Waals surface area contributed by atoms with Crippen LogP contribution in [0.2, 0.25) is 0 Å². The van der Waals surface area contributed by atoms with Gasteiger partial charge < -0.3 is 9.59 Å². The number of hydrogen-bond donors (Lipinski definition) is 0. The van der Waals surface area contributed by atoms with Crippen LogP contribution in [0.1, 0.15) is 0 Å². The van der Waals surface area contributed by atoms with Crippen molar-refractivity contribution >= 4 is 13.6 Å². The quantitative estimate of drug-likeness (QED) is 0.404. The van der Waals surface area contributed by atoms with Crippen LogP contribution < -0.4 is 0 Å². The molecule has 0 aliphatic carbocycles. The zero-order valence-electron chi connectivity index (χ0n) is 8.10. The van der Waals surface area contributed by atoms with Gasteiger partial charge in [0.1, 0.15) is 0 Å². The molecule has 0 atom stereocenters. The van der Waals surface area contributed by atoms with E-state index in [0.717, 1.165) is 0 Å². The molecule has 15 heavy (non-hydrogen) atoms. The fourth-order valence-corrected chi connectivity index (χ4v) is 0.642. The molecule has 2 nitrogen and oxygen atoms in total. The predicted molar refractivity (Wildman–Crippen MR) is 57.6 cm³/mol. The van der Waals surface area contributed by atoms with E-state index < -0.39 is 0 Å². The van der Waals surface area contributed by atoms with E-state index in [1.54, 1.807) is 0 Å². The minimum atomic E-state index is 0. The first-order valence-electron chi connectivity index (χ1n) is 3.80. The predicted octanol–water partition coefficient (Wildman–Crippen LogP) is 2.26. The van der Waals surface area contributed by atoms with Crippen LogP contribution in [-0.4, -0.2) is 13.6 Å². The Kier molecular flexibility index (Phi) is 29.3. The van der Waals surface area contributed by atoms with E-state index in [0.29, 0.717) is 0 Å². The third-order valence-electron chi connectivity index (χ3n) is 1.11. The van der Waals surface area contributed by atoms with E-state index >= 15 is 0 Å². The minimum absolute atomic E-state index is 0. The van der Waals surface area contributed by atoms with Crippen molar-refractivity contribution < 1.29 is 26.7 Å². The molecule has 0 spiro atoms. The summed E-state index contributed by atoms with van der Waals surface area (Å²) in [4.78, 5) is 15.5. The third kappa shape index (κ3) is 19.1. The van der Waals surface area contributed by atoms with Gasteiger partial charge in [0.25, 0.3) is 0 Å². The van der Waals surface area contributed by atoms with Crippen LogP contribution >= 0.6 is 0 Å². The molecule has 0 amide bonds. The summed E-state index contributed by atoms with van der Waals surface area (Å²) in [5.41, 5.74) is 0. The van der Waals surface area contributed by atoms with Gasteiger partial charge >= 0.3 is 17.1 Å². The normalized spacial score (nSPS) is 5.87. The summed E-state index contributed by atoms with van der Waals surface area (Å²) in [5.74, 6) is 0. The molecule has 0 saturated carbocycles. The van der Waals surface area contributed by atoms with Crippen molar-refractivity contribution in [1.29, 1.82) is 0 Å². The van der Waals surface area contributed by atoms with Gasteiger partial charge in [-0.1, -0.05) is 0 Å². The average molecular weight is 244 g/mol. The van der Waals surface area contributed by atoms with Gasteiger partial charge in [0, 0.05) is 0 Å². The van der Waals surface area contributed by atoms with Crippen LogP contribution in [0.4, 0.5) is 0 Å². The van der Waals surface area contributed by atoms with Gasteiger partial charge in [0.2, 0.25) is 0 Å². The Hall–Kier alpha value is -1.44. The molecule has 2 rings (SSSR count). The maximum atomic E-state index is 7.75. The van der Waals surface area contributed by atoms with Crippen LogP contribution in [0.25, 0.3) is 0 Å². The summed E-state index contributed by atoms with van der Waals surface area (Å²) < 4.78 is 0. The number of rotatable bonds is 0. The van der Waals surface area contributed by atoms with Gasteiger partial charge in [-0.3, -0.25) is 13.6 Å². The van der Waals surface area contributed by atoms with Crippen molar-refractivity contribution in [3.05, 3.63) is 60.7 Å². The molecule has 0 fully saturated rings. The summed E-state index contributed by atoms with van der Waals surface area (Å²) >= 11 is 0. The molecule has 80 valence electrons. The van der Waals surface area contributed by atoms with Gasteiger partial charge in [-0.05, 0) is 0 Å². The second-order valence-electron chi connectivity index (χ2n) is 1.92. The molecular formula is C12H12FeO2. The SMILES string of the molecule is [CH-]=O.[CH-]=O.[Fe+4].c1cc[cH-]c1.c1cc[cH-]c1. The van der Waals surface area contributed by atoms with Crippen molar-refractivity contribution in [2.24, 2.45) is 0 Å². The Bertz CT molecular complexity index is 176. The topological polar surface area (TPSA) is 34.1 Å². The molecule has 0 aliphatic heterocycles. The molecule has 0 radical (unpaired) electrons. The van der Waals surface area contributed by atoms with Crippen LogP contribution in [0.3, 0.4) is 0 Å². The Labute approximate surface area is 101 Å². The van der Waals surface area contributed by atoms with Crippen LogP contribution in [0.5, 0.6) is 0 Å². The molecule has 0 saturated heterocycles. The van der Waals surface area contributed by atoms with Crippen molar-refractivity contribution in [3.63, 3.8) is 0 Å². The Balaban J connectivity index is -0.000000138. The second kappa shape index (κ2) is 22.9. The van der Waals surface area contributed by atoms with Gasteiger partial charge in [-0.2, -0.15) is 36.4 Å². The monoisotopic (exact) mass is 244 g/mol. The first-order chi connectivity index (χ1) is 7.00. The van der Waals surface area contributed by atoms with E-state index in [-0.39, 0.29) is 17.1 Å². The number of carbonyl (C=O) groups excluding carboxylic acids is 2. The summed E-state index contributed by atoms with van der Waals surface area (Å²) in [6.45, 7) is 6.50. The summed E-state index contributed by atoms with van der Waals surface area (Å²) in [7, 11) is 0. The smallest absolute Gasteiger partial charge is 0.545 e. The molecule has 2 aromatic carbocycles. The van der Waals surface area contributed by atoms with E-state index in [4.69, 9.17) is 9.59 Å². The van der Waals surface area contributed by atoms with Crippen molar-refractivity contribution in [3.8, 4) is 0 Å². The van der Waals surface area contributed by atoms with Crippen molar-refractivity contribution in [2.45, 2.75) is 0 Å². The fraction of sp³-hybridized carbons (Fsp3) is 0. The zero-order chi connectivity index (χ0) is 11.1. The second-order valence-corrected chi connectivity index (χ2v) is 1.92. The largest absolute Gasteiger partial charge is 4.00 e. The van der Waals surface area contributed by atoms with Gasteiger partial charge in [-0.15, -0.1) is 0 Å². The average Bonchev–Trinajstić information content (AvgIpc) is 3.01. The molecular weight excluding hydrogens is 232 g/mol. The van der Waals surface area contributed by atoms with Gasteiger partial charge in [-0.25, -0.2) is 24.3 Å². The van der Waals surface area contributed by atoms with Crippen LogP contribution in [0.15, 0.2) is 60.7 Å². The summed E-state index contributed by atoms with van der Waals surface area (Å²) in [6, 6.07) is 20.0. The van der Waals surface area contributed by atoms with E-state index in [1.165, 1.54) is 0 Å². The van der Waals surface area contributed by atoms with Crippen molar-refractivity contribution in [1.82, 2.24) is 0 Å². The van der Waals surface area contributed by atoms with E-state index in [1.807, 2.05) is 60.7 Å². The Morgan fingerprint density at radius 1 is 0.600 bits per heavy atom. The van der Waals surface area contributed by atoms with E-state index in [9.17, 15) is 0 Å². The maximum Gasteiger partial charge on any atom is 4.00 e. The maximum absolute atomic E-state index is 7.75. The molecule has 2 aromatic rings. The molecule has 3 heteroatoms. The summed E-state index contributed by atoms with van der Waals surface area (Å²) in [6.07, 6.45) is 0. The third-order valence-corrected chi connectivity index (χ3v) is 1.11. The zero-order valence-corrected chi connectivity index (χ0v) is 9.20. The van der Waals surface area contributed by atoms with Crippen LogP contribution in [-0.2, 0) is 26.7 Å². The fourth-order valence-electron chi connectivity index (χ4n) is 0.642. The Morgan fingerprint density at radius 3 is 0.867 bits per heavy atom. The molecule has 0 aromatic heterocycles. The Morgan fingerprint density at radius 2 is 0.800 bits per heavy atom. The minimum Gasteiger partial charge on any atom is -0.545 e. The standard InChI is InChI=1S/2C5H5.2CHO.Fe/c2*1-2-4-5-3-1;2*1-2;/h2*1-5H;2*1H;/q4*-1;+4. The van der Waals surface area contributed by atoms with Gasteiger partial charge in [0.05, 0.1) is 0 Å². The molecule has 0 unspecified atom stereocenters. The first-order valence-corrected chi connectivity index (χ1v) is 3.80. The number of hydrogen-bond acceptors (Lipinski definition) is 2. The molecule has 0 aliphatic rings. The molecule has 0 N–H and O–H groups in total. The van der Waals surface area contributed by atoms with Crippen LogP contribution in [0, 0.1) is 0 Å². The van der Waals surface area contributed by atoms with Gasteiger partial charge in [0.15, 0.2) is 0 Å². The molecule has 0 bridgehead atoms. The summed E-state index contributed by atoms with van der Waals surface area (Å²) in [5, 5.41) is 0.